The molecule has 6 rings (SSSR count). The van der Waals surface area contributed by atoms with E-state index in [2.05, 4.69) is 0 Å². The van der Waals surface area contributed by atoms with Crippen LogP contribution in [0.1, 0.15) is 22.3 Å². The topological polar surface area (TPSA) is 114 Å². The van der Waals surface area contributed by atoms with E-state index >= 15 is 0 Å². The van der Waals surface area contributed by atoms with Gasteiger partial charge in [0.15, 0.2) is 0 Å². The van der Waals surface area contributed by atoms with Crippen molar-refractivity contribution < 1.29 is 85.1 Å². The molecular weight excluding hydrogens is 687 g/mol. The molecule has 0 aliphatic carbocycles. The maximum atomic E-state index is 11.4. The van der Waals surface area contributed by atoms with E-state index in [1.54, 1.807) is 48.6 Å². The van der Waals surface area contributed by atoms with E-state index < -0.39 is 20.2 Å². The van der Waals surface area contributed by atoms with Crippen LogP contribution >= 0.6 is 0 Å². The van der Waals surface area contributed by atoms with Crippen molar-refractivity contribution in [2.75, 3.05) is 0 Å². The van der Waals surface area contributed by atoms with Gasteiger partial charge < -0.3 is 9.11 Å². The Labute approximate surface area is 338 Å². The molecule has 0 aromatic heterocycles. The van der Waals surface area contributed by atoms with Crippen molar-refractivity contribution in [3.8, 4) is 22.3 Å². The van der Waals surface area contributed by atoms with Crippen molar-refractivity contribution in [2.24, 2.45) is 0 Å². The summed E-state index contributed by atoms with van der Waals surface area (Å²) in [5.74, 6) is 0. The first kappa shape index (κ1) is 41.0. The van der Waals surface area contributed by atoms with Crippen LogP contribution in [0.25, 0.3) is 46.6 Å². The summed E-state index contributed by atoms with van der Waals surface area (Å²) in [6, 6.07) is 47.9. The maximum Gasteiger partial charge on any atom is 1.00 e. The van der Waals surface area contributed by atoms with E-state index in [-0.39, 0.29) is 68.9 Å². The van der Waals surface area contributed by atoms with Gasteiger partial charge in [-0.05, 0) is 56.6 Å². The molecule has 6 aromatic carbocycles. The molecule has 0 heterocycles. The molecule has 0 spiro atoms. The zero-order chi connectivity index (χ0) is 34.0. The summed E-state index contributed by atoms with van der Waals surface area (Å²) in [5, 5.41) is 0. The van der Waals surface area contributed by atoms with Crippen LogP contribution in [-0.2, 0) is 20.2 Å². The van der Waals surface area contributed by atoms with Gasteiger partial charge in [0.05, 0.1) is 9.79 Å². The van der Waals surface area contributed by atoms with Gasteiger partial charge in [0.25, 0.3) is 0 Å². The summed E-state index contributed by atoms with van der Waals surface area (Å²) in [5.41, 5.74) is 6.88. The van der Waals surface area contributed by atoms with Crippen LogP contribution in [0.2, 0.25) is 0 Å². The minimum absolute atomic E-state index is 0. The predicted molar refractivity (Wildman–Crippen MR) is 190 cm³/mol. The van der Waals surface area contributed by atoms with Crippen LogP contribution < -0.4 is 59.1 Å². The SMILES string of the molecule is O=S(=O)([O-])c1ccccc1C=Cc1ccccc1-c1ccccc1.O=S(=O)([O-])c1ccccc1C=Cc1ccccc1-c1ccccc1.[Na+].[Na+]. The molecule has 0 aliphatic heterocycles. The first-order valence-corrected chi connectivity index (χ1v) is 17.7. The fourth-order valence-corrected chi connectivity index (χ4v) is 6.44. The van der Waals surface area contributed by atoms with Gasteiger partial charge in [-0.2, -0.15) is 0 Å². The molecule has 0 amide bonds. The van der Waals surface area contributed by atoms with E-state index in [1.807, 2.05) is 121 Å². The molecule has 240 valence electrons. The normalized spacial score (nSPS) is 11.2. The molecular formula is C40H30Na2O6S2. The molecule has 6 aromatic rings. The second-order valence-corrected chi connectivity index (χ2v) is 13.3. The minimum atomic E-state index is -4.50. The Kier molecular flexibility index (Phi) is 15.8. The number of hydrogen-bond donors (Lipinski definition) is 0. The van der Waals surface area contributed by atoms with Crippen molar-refractivity contribution >= 4 is 44.5 Å². The average molecular weight is 717 g/mol. The summed E-state index contributed by atoms with van der Waals surface area (Å²) < 4.78 is 68.2. The molecule has 0 radical (unpaired) electrons. The zero-order valence-electron chi connectivity index (χ0n) is 27.6. The van der Waals surface area contributed by atoms with E-state index in [9.17, 15) is 25.9 Å². The summed E-state index contributed by atoms with van der Waals surface area (Å²) in [6.45, 7) is 0. The Morgan fingerprint density at radius 2 is 0.600 bits per heavy atom. The summed E-state index contributed by atoms with van der Waals surface area (Å²) in [7, 11) is -9.00. The fraction of sp³-hybridized carbons (Fsp3) is 0. The molecule has 10 heteroatoms. The average Bonchev–Trinajstić information content (AvgIpc) is 3.10. The van der Waals surface area contributed by atoms with Crippen LogP contribution in [0.15, 0.2) is 168 Å². The molecule has 0 saturated heterocycles. The van der Waals surface area contributed by atoms with Crippen LogP contribution in [0.4, 0.5) is 0 Å². The molecule has 6 nitrogen and oxygen atoms in total. The molecule has 50 heavy (non-hydrogen) atoms. The fourth-order valence-electron chi connectivity index (χ4n) is 5.10. The van der Waals surface area contributed by atoms with Crippen LogP contribution in [0.5, 0.6) is 0 Å². The van der Waals surface area contributed by atoms with Gasteiger partial charge in [-0.25, -0.2) is 16.8 Å². The summed E-state index contributed by atoms with van der Waals surface area (Å²) in [4.78, 5) is -0.420. The first-order valence-electron chi connectivity index (χ1n) is 14.9. The van der Waals surface area contributed by atoms with Crippen LogP contribution in [0.3, 0.4) is 0 Å². The predicted octanol–water partition coefficient (Wildman–Crippen LogP) is 2.86. The Bertz CT molecular complexity index is 2130. The summed E-state index contributed by atoms with van der Waals surface area (Å²) in [6.07, 6.45) is 6.97. The standard InChI is InChI=1S/2C20H16O3S.2Na/c2*21-24(22,23)20-13-7-5-11-18(20)15-14-17-10-4-6-12-19(17)16-8-2-1-3-9-16;;/h2*1-15H,(H,21,22,23);;/q;;2*+1/p-2. The van der Waals surface area contributed by atoms with Crippen LogP contribution in [0, 0.1) is 0 Å². The third kappa shape index (κ3) is 11.3. The number of rotatable bonds is 8. The second-order valence-electron chi connectivity index (χ2n) is 10.6. The Morgan fingerprint density at radius 1 is 0.340 bits per heavy atom. The quantitative estimate of drug-likeness (QED) is 0.136. The van der Waals surface area contributed by atoms with Crippen molar-refractivity contribution in [3.05, 3.63) is 180 Å². The van der Waals surface area contributed by atoms with Gasteiger partial charge in [0.2, 0.25) is 0 Å². The van der Waals surface area contributed by atoms with Crippen molar-refractivity contribution in [2.45, 2.75) is 9.79 Å². The van der Waals surface area contributed by atoms with Gasteiger partial charge in [-0.1, -0.05) is 170 Å². The molecule has 0 N–H and O–H groups in total. The van der Waals surface area contributed by atoms with Gasteiger partial charge in [0.1, 0.15) is 20.2 Å². The summed E-state index contributed by atoms with van der Waals surface area (Å²) >= 11 is 0. The van der Waals surface area contributed by atoms with Crippen LogP contribution in [-0.4, -0.2) is 25.9 Å². The minimum Gasteiger partial charge on any atom is -0.744 e. The smallest absolute Gasteiger partial charge is 0.744 e. The van der Waals surface area contributed by atoms with Gasteiger partial charge in [-0.3, -0.25) is 0 Å². The third-order valence-corrected chi connectivity index (χ3v) is 9.17. The first-order chi connectivity index (χ1) is 23.1. The van der Waals surface area contributed by atoms with Gasteiger partial charge >= 0.3 is 59.1 Å². The monoisotopic (exact) mass is 716 g/mol. The molecule has 0 bridgehead atoms. The van der Waals surface area contributed by atoms with E-state index in [1.165, 1.54) is 12.1 Å². The number of hydrogen-bond acceptors (Lipinski definition) is 6. The van der Waals surface area contributed by atoms with E-state index in [0.717, 1.165) is 33.4 Å². The molecule has 0 aliphatic rings. The molecule has 0 unspecified atom stereocenters. The van der Waals surface area contributed by atoms with Gasteiger partial charge in [0, 0.05) is 0 Å². The zero-order valence-corrected chi connectivity index (χ0v) is 33.2. The third-order valence-electron chi connectivity index (χ3n) is 7.35. The van der Waals surface area contributed by atoms with Crippen molar-refractivity contribution in [3.63, 3.8) is 0 Å². The Balaban J connectivity index is 0.000000260. The Morgan fingerprint density at radius 3 is 0.940 bits per heavy atom. The van der Waals surface area contributed by atoms with Crippen molar-refractivity contribution in [1.29, 1.82) is 0 Å². The van der Waals surface area contributed by atoms with E-state index in [0.29, 0.717) is 11.1 Å². The van der Waals surface area contributed by atoms with Gasteiger partial charge in [-0.15, -0.1) is 0 Å². The largest absolute Gasteiger partial charge is 1.00 e. The molecule has 0 fully saturated rings. The maximum absolute atomic E-state index is 11.4. The number of benzene rings is 6. The second kappa shape index (κ2) is 19.3. The molecule has 0 saturated carbocycles. The molecule has 0 atom stereocenters. The van der Waals surface area contributed by atoms with Crippen molar-refractivity contribution in [1.82, 2.24) is 0 Å². The van der Waals surface area contributed by atoms with E-state index in [4.69, 9.17) is 0 Å². The Hall–Kier alpha value is -3.38.